The number of rotatable bonds is 6. The van der Waals surface area contributed by atoms with Crippen LogP contribution in [-0.4, -0.2) is 37.0 Å². The molecule has 0 atom stereocenters. The molecule has 0 aliphatic heterocycles. The van der Waals surface area contributed by atoms with Crippen LogP contribution in [0.25, 0.3) is 0 Å². The Balaban J connectivity index is 1.58. The number of carbonyl (C=O) groups excluding carboxylic acids is 1. The van der Waals surface area contributed by atoms with Crippen molar-refractivity contribution < 1.29 is 9.90 Å². The van der Waals surface area contributed by atoms with Gasteiger partial charge in [-0.15, -0.1) is 5.10 Å². The summed E-state index contributed by atoms with van der Waals surface area (Å²) in [6, 6.07) is 7.56. The van der Waals surface area contributed by atoms with Gasteiger partial charge in [-0.25, -0.2) is 4.68 Å². The maximum absolute atomic E-state index is 12.0. The Labute approximate surface area is 125 Å². The number of hydrogen-bond acceptors (Lipinski definition) is 6. The first-order valence-electron chi connectivity index (χ1n) is 6.67. The van der Waals surface area contributed by atoms with Gasteiger partial charge in [-0.05, 0) is 29.3 Å². The number of thioether (sulfide) groups is 1. The Kier molecular flexibility index (Phi) is 4.16. The predicted molar refractivity (Wildman–Crippen MR) is 77.8 cm³/mol. The topological polar surface area (TPSA) is 92.9 Å². The molecule has 21 heavy (non-hydrogen) atoms. The van der Waals surface area contributed by atoms with Crippen LogP contribution in [0, 0.1) is 0 Å². The van der Waals surface area contributed by atoms with Crippen LogP contribution < -0.4 is 5.32 Å². The molecule has 3 rings (SSSR count). The fourth-order valence-corrected chi connectivity index (χ4v) is 2.67. The van der Waals surface area contributed by atoms with Crippen LogP contribution in [0.5, 0.6) is 0 Å². The fraction of sp³-hybridized carbons (Fsp3) is 0.385. The highest BCUT2D eigenvalue weighted by Crippen LogP contribution is 2.36. The first kappa shape index (κ1) is 14.0. The Bertz CT molecular complexity index is 641. The normalized spacial score (nSPS) is 14.1. The molecule has 7 nitrogen and oxygen atoms in total. The molecule has 1 aromatic heterocycles. The van der Waals surface area contributed by atoms with Crippen LogP contribution in [0.1, 0.15) is 24.4 Å². The second-order valence-electron chi connectivity index (χ2n) is 4.79. The Morgan fingerprint density at radius 2 is 2.24 bits per heavy atom. The lowest BCUT2D eigenvalue weighted by Crippen LogP contribution is -2.16. The van der Waals surface area contributed by atoms with E-state index in [0.29, 0.717) is 22.4 Å². The maximum Gasteiger partial charge on any atom is 0.234 e. The highest BCUT2D eigenvalue weighted by atomic mass is 32.2. The summed E-state index contributed by atoms with van der Waals surface area (Å²) in [6.45, 7) is -0.108. The van der Waals surface area contributed by atoms with E-state index >= 15 is 0 Å². The summed E-state index contributed by atoms with van der Waals surface area (Å²) in [7, 11) is 0. The highest BCUT2D eigenvalue weighted by molar-refractivity contribution is 7.99. The average Bonchev–Trinajstić information content (AvgIpc) is 3.24. The van der Waals surface area contributed by atoms with Crippen molar-refractivity contribution >= 4 is 23.4 Å². The monoisotopic (exact) mass is 305 g/mol. The largest absolute Gasteiger partial charge is 0.392 e. The highest BCUT2D eigenvalue weighted by Gasteiger charge is 2.28. The number of aromatic nitrogens is 4. The zero-order valence-corrected chi connectivity index (χ0v) is 12.1. The molecule has 0 spiro atoms. The van der Waals surface area contributed by atoms with E-state index in [2.05, 4.69) is 20.8 Å². The Hall–Kier alpha value is -1.93. The minimum absolute atomic E-state index is 0.108. The number of hydrogen-bond donors (Lipinski definition) is 2. The van der Waals surface area contributed by atoms with E-state index in [-0.39, 0.29) is 18.3 Å². The average molecular weight is 305 g/mol. The Morgan fingerprint density at radius 1 is 1.43 bits per heavy atom. The summed E-state index contributed by atoms with van der Waals surface area (Å²) in [4.78, 5) is 12.0. The van der Waals surface area contributed by atoms with E-state index in [9.17, 15) is 9.90 Å². The predicted octanol–water partition coefficient (Wildman–Crippen LogP) is 1.23. The molecule has 2 N–H and O–H groups in total. The van der Waals surface area contributed by atoms with E-state index in [1.54, 1.807) is 16.8 Å². The van der Waals surface area contributed by atoms with Crippen LogP contribution in [0.4, 0.5) is 5.69 Å². The number of amides is 1. The minimum atomic E-state index is -0.147. The van der Waals surface area contributed by atoms with Gasteiger partial charge in [0.25, 0.3) is 0 Å². The van der Waals surface area contributed by atoms with Crippen molar-refractivity contribution in [2.75, 3.05) is 11.1 Å². The number of tetrazole rings is 1. The number of para-hydroxylation sites is 1. The number of aliphatic hydroxyl groups excluding tert-OH is 1. The molecule has 1 saturated carbocycles. The van der Waals surface area contributed by atoms with Gasteiger partial charge in [0.1, 0.15) is 0 Å². The summed E-state index contributed by atoms with van der Waals surface area (Å²) in [5.41, 5.74) is 1.33. The van der Waals surface area contributed by atoms with Crippen LogP contribution in [-0.2, 0) is 11.4 Å². The maximum atomic E-state index is 12.0. The molecule has 8 heteroatoms. The van der Waals surface area contributed by atoms with E-state index in [4.69, 9.17) is 0 Å². The van der Waals surface area contributed by atoms with Crippen LogP contribution in [0.2, 0.25) is 0 Å². The molecule has 0 radical (unpaired) electrons. The van der Waals surface area contributed by atoms with E-state index < -0.39 is 0 Å². The first-order chi connectivity index (χ1) is 10.3. The third-order valence-corrected chi connectivity index (χ3v) is 4.08. The van der Waals surface area contributed by atoms with Crippen molar-refractivity contribution in [2.24, 2.45) is 0 Å². The van der Waals surface area contributed by atoms with E-state index in [1.807, 2.05) is 12.1 Å². The van der Waals surface area contributed by atoms with Crippen LogP contribution >= 0.6 is 11.8 Å². The molecule has 0 saturated heterocycles. The molecule has 1 aliphatic rings. The van der Waals surface area contributed by atoms with Gasteiger partial charge in [-0.2, -0.15) is 0 Å². The molecule has 1 fully saturated rings. The van der Waals surface area contributed by atoms with Gasteiger partial charge < -0.3 is 10.4 Å². The standard InChI is InChI=1S/C13H15N5O2S/c19-7-9-3-1-2-4-11(9)14-12(20)8-21-13-15-16-17-18(13)10-5-6-10/h1-4,10,19H,5-8H2,(H,14,20). The van der Waals surface area contributed by atoms with Gasteiger partial charge in [0.05, 0.1) is 18.4 Å². The van der Waals surface area contributed by atoms with E-state index in [0.717, 1.165) is 12.8 Å². The molecule has 1 heterocycles. The summed E-state index contributed by atoms with van der Waals surface area (Å²) < 4.78 is 1.78. The van der Waals surface area contributed by atoms with Crippen molar-refractivity contribution in [1.82, 2.24) is 20.2 Å². The lowest BCUT2D eigenvalue weighted by Gasteiger charge is -2.08. The lowest BCUT2D eigenvalue weighted by atomic mass is 10.2. The van der Waals surface area contributed by atoms with Crippen molar-refractivity contribution in [2.45, 2.75) is 30.6 Å². The number of carbonyl (C=O) groups is 1. The van der Waals surface area contributed by atoms with Gasteiger partial charge in [0.15, 0.2) is 0 Å². The fourth-order valence-electron chi connectivity index (χ4n) is 1.93. The van der Waals surface area contributed by atoms with Crippen molar-refractivity contribution in [3.8, 4) is 0 Å². The zero-order chi connectivity index (χ0) is 14.7. The second kappa shape index (κ2) is 6.23. The quantitative estimate of drug-likeness (QED) is 0.780. The molecule has 1 amide bonds. The second-order valence-corrected chi connectivity index (χ2v) is 5.73. The third-order valence-electron chi connectivity index (χ3n) is 3.15. The minimum Gasteiger partial charge on any atom is -0.392 e. The van der Waals surface area contributed by atoms with Crippen molar-refractivity contribution in [3.05, 3.63) is 29.8 Å². The lowest BCUT2D eigenvalue weighted by molar-refractivity contribution is -0.113. The number of nitrogens with one attached hydrogen (secondary N) is 1. The first-order valence-corrected chi connectivity index (χ1v) is 7.66. The number of benzene rings is 1. The van der Waals surface area contributed by atoms with Crippen LogP contribution in [0.3, 0.4) is 0 Å². The SMILES string of the molecule is O=C(CSc1nnnn1C1CC1)Nc1ccccc1CO. The number of anilines is 1. The summed E-state index contributed by atoms with van der Waals surface area (Å²) >= 11 is 1.32. The molecule has 110 valence electrons. The van der Waals surface area contributed by atoms with Gasteiger partial charge in [-0.1, -0.05) is 30.0 Å². The molecule has 2 aromatic rings. The van der Waals surface area contributed by atoms with Crippen LogP contribution in [0.15, 0.2) is 29.4 Å². The van der Waals surface area contributed by atoms with E-state index in [1.165, 1.54) is 11.8 Å². The van der Waals surface area contributed by atoms with Gasteiger partial charge >= 0.3 is 0 Å². The molecule has 0 unspecified atom stereocenters. The number of aliphatic hydroxyl groups is 1. The third kappa shape index (κ3) is 3.40. The molecule has 1 aromatic carbocycles. The van der Waals surface area contributed by atoms with Gasteiger partial charge in [-0.3, -0.25) is 4.79 Å². The van der Waals surface area contributed by atoms with Gasteiger partial charge in [0, 0.05) is 11.3 Å². The Morgan fingerprint density at radius 3 is 3.00 bits per heavy atom. The summed E-state index contributed by atoms with van der Waals surface area (Å²) in [5.74, 6) is 0.0820. The zero-order valence-electron chi connectivity index (χ0n) is 11.3. The smallest absolute Gasteiger partial charge is 0.234 e. The summed E-state index contributed by atoms with van der Waals surface area (Å²) in [6.07, 6.45) is 2.18. The van der Waals surface area contributed by atoms with Crippen molar-refractivity contribution in [3.63, 3.8) is 0 Å². The molecular formula is C13H15N5O2S. The molecule has 1 aliphatic carbocycles. The van der Waals surface area contributed by atoms with Crippen molar-refractivity contribution in [1.29, 1.82) is 0 Å². The molecular weight excluding hydrogens is 290 g/mol. The number of nitrogens with zero attached hydrogens (tertiary/aromatic N) is 4. The molecule has 0 bridgehead atoms. The summed E-state index contributed by atoms with van der Waals surface area (Å²) in [5, 5.41) is 24.2. The van der Waals surface area contributed by atoms with Gasteiger partial charge in [0.2, 0.25) is 11.1 Å².